The van der Waals surface area contributed by atoms with Gasteiger partial charge >= 0.3 is 0 Å². The van der Waals surface area contributed by atoms with Gasteiger partial charge in [-0.3, -0.25) is 19.7 Å². The van der Waals surface area contributed by atoms with Crippen LogP contribution in [0.4, 0.5) is 10.1 Å². The Hall–Kier alpha value is -2.60. The topological polar surface area (TPSA) is 97.5 Å². The Labute approximate surface area is 272 Å². The van der Waals surface area contributed by atoms with Gasteiger partial charge in [0, 0.05) is 69.9 Å². The summed E-state index contributed by atoms with van der Waals surface area (Å²) in [7, 11) is 0. The van der Waals surface area contributed by atoms with Crippen molar-refractivity contribution in [1.29, 1.82) is 0 Å². The smallest absolute Gasteiger partial charge is 0.255 e. The lowest BCUT2D eigenvalue weighted by Gasteiger charge is -2.40. The molecule has 10 nitrogen and oxygen atoms in total. The van der Waals surface area contributed by atoms with Crippen LogP contribution in [0.1, 0.15) is 80.1 Å². The lowest BCUT2D eigenvalue weighted by molar-refractivity contribution is -0.136. The molecule has 252 valence electrons. The fraction of sp³-hybridized carbons (Fsp3) is 0.743. The standard InChI is InChI=1S/C35H51FN6O4/c36-33-29-23-42(31-9-10-32(43)38-34(31)44)35(45)28(29)7-8-30(33)41-14-11-27(12-15-41)46-26-5-3-24(4-6-26)21-39-16-18-40(19-17-39)22-25-2-1-13-37-20-25/h7-8,24-27,31,37H,1-6,9-23H2,(H,38,43,44)/t24-,25-,26-,31?/m0/s1. The summed E-state index contributed by atoms with van der Waals surface area (Å²) in [6.07, 6.45) is 10.2. The highest BCUT2D eigenvalue weighted by atomic mass is 19.1. The number of piperidine rings is 3. The van der Waals surface area contributed by atoms with Gasteiger partial charge in [0.05, 0.1) is 24.4 Å². The Morgan fingerprint density at radius 3 is 2.17 bits per heavy atom. The Morgan fingerprint density at radius 1 is 0.804 bits per heavy atom. The number of imide groups is 1. The van der Waals surface area contributed by atoms with Crippen molar-refractivity contribution in [3.8, 4) is 0 Å². The lowest BCUT2D eigenvalue weighted by atomic mass is 9.86. The first-order chi connectivity index (χ1) is 22.4. The highest BCUT2D eigenvalue weighted by molar-refractivity contribution is 6.05. The lowest BCUT2D eigenvalue weighted by Crippen LogP contribution is -2.52. The monoisotopic (exact) mass is 638 g/mol. The number of fused-ring (bicyclic) bond motifs is 1. The zero-order chi connectivity index (χ0) is 31.6. The molecule has 1 aromatic rings. The number of amides is 3. The number of carbonyl (C=O) groups excluding carboxylic acids is 3. The second-order valence-corrected chi connectivity index (χ2v) is 14.6. The zero-order valence-electron chi connectivity index (χ0n) is 27.2. The Balaban J connectivity index is 0.829. The number of nitrogens with one attached hydrogen (secondary N) is 2. The average Bonchev–Trinajstić information content (AvgIpc) is 3.40. The highest BCUT2D eigenvalue weighted by Gasteiger charge is 2.41. The van der Waals surface area contributed by atoms with Gasteiger partial charge in [0.2, 0.25) is 11.8 Å². The van der Waals surface area contributed by atoms with Crippen molar-refractivity contribution in [2.45, 2.75) is 89.0 Å². The molecule has 1 aromatic carbocycles. The van der Waals surface area contributed by atoms with Crippen LogP contribution in [-0.4, -0.2) is 116 Å². The third-order valence-corrected chi connectivity index (χ3v) is 11.5. The molecule has 4 saturated heterocycles. The van der Waals surface area contributed by atoms with E-state index in [9.17, 15) is 14.4 Å². The van der Waals surface area contributed by atoms with Crippen molar-refractivity contribution >= 4 is 23.4 Å². The summed E-state index contributed by atoms with van der Waals surface area (Å²) in [4.78, 5) is 45.8. The molecule has 6 aliphatic rings. The number of ether oxygens (including phenoxy) is 1. The number of piperazine rings is 1. The van der Waals surface area contributed by atoms with Crippen molar-refractivity contribution in [3.05, 3.63) is 29.1 Å². The Kier molecular flexibility index (Phi) is 9.91. The molecule has 46 heavy (non-hydrogen) atoms. The van der Waals surface area contributed by atoms with E-state index in [1.165, 1.54) is 82.9 Å². The quantitative estimate of drug-likeness (QED) is 0.420. The molecule has 3 amide bonds. The highest BCUT2D eigenvalue weighted by Crippen LogP contribution is 2.36. The normalized spacial score (nSPS) is 30.5. The van der Waals surface area contributed by atoms with Gasteiger partial charge in [0.15, 0.2) is 5.82 Å². The van der Waals surface area contributed by atoms with Crippen LogP contribution in [0.25, 0.3) is 0 Å². The summed E-state index contributed by atoms with van der Waals surface area (Å²) in [5.74, 6) is 0.0707. The van der Waals surface area contributed by atoms with E-state index in [2.05, 4.69) is 25.3 Å². The van der Waals surface area contributed by atoms with Crippen LogP contribution in [-0.2, 0) is 20.9 Å². The fourth-order valence-electron chi connectivity index (χ4n) is 8.76. The number of halogens is 1. The second-order valence-electron chi connectivity index (χ2n) is 14.6. The summed E-state index contributed by atoms with van der Waals surface area (Å²) in [5, 5.41) is 5.86. The molecule has 0 aromatic heterocycles. The zero-order valence-corrected chi connectivity index (χ0v) is 27.2. The van der Waals surface area contributed by atoms with Crippen LogP contribution in [0.5, 0.6) is 0 Å². The minimum Gasteiger partial charge on any atom is -0.375 e. The summed E-state index contributed by atoms with van der Waals surface area (Å²) < 4.78 is 22.4. The van der Waals surface area contributed by atoms with Crippen LogP contribution < -0.4 is 15.5 Å². The first-order valence-corrected chi connectivity index (χ1v) is 17.9. The number of nitrogens with zero attached hydrogens (tertiary/aromatic N) is 4. The summed E-state index contributed by atoms with van der Waals surface area (Å²) in [6, 6.07) is 2.65. The maximum absolute atomic E-state index is 15.8. The van der Waals surface area contributed by atoms with E-state index in [-0.39, 0.29) is 43.1 Å². The van der Waals surface area contributed by atoms with Gasteiger partial charge in [-0.2, -0.15) is 0 Å². The van der Waals surface area contributed by atoms with Crippen molar-refractivity contribution in [1.82, 2.24) is 25.3 Å². The first kappa shape index (κ1) is 32.0. The van der Waals surface area contributed by atoms with Gasteiger partial charge in [-0.05, 0) is 94.8 Å². The average molecular weight is 639 g/mol. The Morgan fingerprint density at radius 2 is 1.50 bits per heavy atom. The van der Waals surface area contributed by atoms with Crippen LogP contribution in [0.3, 0.4) is 0 Å². The molecule has 1 unspecified atom stereocenters. The van der Waals surface area contributed by atoms with Crippen LogP contribution in [0.15, 0.2) is 12.1 Å². The molecule has 0 bridgehead atoms. The van der Waals surface area contributed by atoms with Crippen molar-refractivity contribution in [2.75, 3.05) is 70.3 Å². The number of carbonyl (C=O) groups is 3. The van der Waals surface area contributed by atoms with Gasteiger partial charge in [0.1, 0.15) is 6.04 Å². The first-order valence-electron chi connectivity index (χ1n) is 17.9. The number of benzene rings is 1. The Bertz CT molecular complexity index is 1270. The van der Waals surface area contributed by atoms with E-state index >= 15 is 4.39 Å². The van der Waals surface area contributed by atoms with Gasteiger partial charge in [-0.25, -0.2) is 4.39 Å². The van der Waals surface area contributed by atoms with Gasteiger partial charge in [-0.1, -0.05) is 0 Å². The number of anilines is 1. The summed E-state index contributed by atoms with van der Waals surface area (Å²) in [5.41, 5.74) is 1.18. The SMILES string of the molecule is O=C1CCC(N2Cc3c(ccc(N4CCC(O[C@H]5CC[C@H](CN6CCN(C[C@H]7CCCNC7)CC6)CC5)CC4)c3F)C2=O)C(=O)N1. The molecule has 5 fully saturated rings. The molecule has 0 radical (unpaired) electrons. The third-order valence-electron chi connectivity index (χ3n) is 11.5. The molecule has 1 aliphatic carbocycles. The van der Waals surface area contributed by atoms with Crippen LogP contribution >= 0.6 is 0 Å². The third kappa shape index (κ3) is 7.12. The molecule has 5 heterocycles. The minimum atomic E-state index is -0.743. The number of hydrogen-bond acceptors (Lipinski definition) is 8. The number of hydrogen-bond donors (Lipinski definition) is 2. The van der Waals surface area contributed by atoms with Crippen LogP contribution in [0, 0.1) is 17.7 Å². The van der Waals surface area contributed by atoms with E-state index in [0.717, 1.165) is 37.5 Å². The van der Waals surface area contributed by atoms with Gasteiger partial charge in [0.25, 0.3) is 5.91 Å². The molecule has 11 heteroatoms. The number of rotatable bonds is 8. The van der Waals surface area contributed by atoms with E-state index in [1.54, 1.807) is 12.1 Å². The molecular weight excluding hydrogens is 587 g/mol. The molecule has 0 spiro atoms. The summed E-state index contributed by atoms with van der Waals surface area (Å²) in [6.45, 7) is 11.2. The predicted octanol–water partition coefficient (Wildman–Crippen LogP) is 2.75. The molecule has 2 atom stereocenters. The largest absolute Gasteiger partial charge is 0.375 e. The predicted molar refractivity (Wildman–Crippen MR) is 173 cm³/mol. The van der Waals surface area contributed by atoms with E-state index in [4.69, 9.17) is 4.74 Å². The molecule has 1 saturated carbocycles. The summed E-state index contributed by atoms with van der Waals surface area (Å²) >= 11 is 0. The molecule has 7 rings (SSSR count). The van der Waals surface area contributed by atoms with Crippen LogP contribution in [0.2, 0.25) is 0 Å². The molecule has 5 aliphatic heterocycles. The minimum absolute atomic E-state index is 0.0525. The van der Waals surface area contributed by atoms with E-state index < -0.39 is 11.9 Å². The van der Waals surface area contributed by atoms with Gasteiger partial charge < -0.3 is 29.7 Å². The van der Waals surface area contributed by atoms with Gasteiger partial charge in [-0.15, -0.1) is 0 Å². The van der Waals surface area contributed by atoms with E-state index in [1.807, 2.05) is 0 Å². The molecular formula is C35H51FN6O4. The van der Waals surface area contributed by atoms with Crippen molar-refractivity contribution in [2.24, 2.45) is 11.8 Å². The molecule has 2 N–H and O–H groups in total. The van der Waals surface area contributed by atoms with Crippen molar-refractivity contribution < 1.29 is 23.5 Å². The fourth-order valence-corrected chi connectivity index (χ4v) is 8.76. The maximum atomic E-state index is 15.8. The van der Waals surface area contributed by atoms with E-state index in [0.29, 0.717) is 36.0 Å². The van der Waals surface area contributed by atoms with Crippen molar-refractivity contribution in [3.63, 3.8) is 0 Å². The maximum Gasteiger partial charge on any atom is 0.255 e. The second kappa shape index (κ2) is 14.3.